The maximum Gasteiger partial charge on any atom is 0.234 e. The lowest BCUT2D eigenvalue weighted by molar-refractivity contribution is -0.113. The number of anilines is 1. The summed E-state index contributed by atoms with van der Waals surface area (Å²) in [6.07, 6.45) is 0.889. The molecule has 0 spiro atoms. The first-order chi connectivity index (χ1) is 14.0. The highest BCUT2D eigenvalue weighted by molar-refractivity contribution is 7.99. The predicted octanol–water partition coefficient (Wildman–Crippen LogP) is 3.98. The number of hydrogen-bond donors (Lipinski definition) is 2. The summed E-state index contributed by atoms with van der Waals surface area (Å²) in [4.78, 5) is 28.0. The zero-order valence-electron chi connectivity index (χ0n) is 16.7. The highest BCUT2D eigenvalue weighted by atomic mass is 32.2. The van der Waals surface area contributed by atoms with Crippen LogP contribution in [0, 0.1) is 0 Å². The molecule has 0 saturated carbocycles. The number of amides is 1. The van der Waals surface area contributed by atoms with Crippen LogP contribution in [0.1, 0.15) is 18.2 Å². The SMILES string of the molecule is CCc1ccc2[nH]c(CSCC(=O)Nc3cc(OC)ccc3OC)cc(=O)c2c1. The van der Waals surface area contributed by atoms with Gasteiger partial charge in [0.05, 0.1) is 25.7 Å². The number of aromatic amines is 1. The van der Waals surface area contributed by atoms with Crippen LogP contribution >= 0.6 is 11.8 Å². The molecular weight excluding hydrogens is 388 g/mol. The van der Waals surface area contributed by atoms with E-state index >= 15 is 0 Å². The van der Waals surface area contributed by atoms with Gasteiger partial charge in [-0.2, -0.15) is 0 Å². The Hall–Kier alpha value is -2.93. The number of aryl methyl sites for hydroxylation is 1. The number of rotatable bonds is 8. The molecular formula is C22H24N2O4S. The third-order valence-electron chi connectivity index (χ3n) is 4.53. The first-order valence-electron chi connectivity index (χ1n) is 9.28. The molecule has 152 valence electrons. The van der Waals surface area contributed by atoms with Crippen molar-refractivity contribution in [3.05, 3.63) is 63.9 Å². The van der Waals surface area contributed by atoms with Gasteiger partial charge in [0.15, 0.2) is 5.43 Å². The molecule has 0 bridgehead atoms. The second-order valence-corrected chi connectivity index (χ2v) is 7.49. The second kappa shape index (κ2) is 9.52. The largest absolute Gasteiger partial charge is 0.497 e. The van der Waals surface area contributed by atoms with Crippen LogP contribution in [0.3, 0.4) is 0 Å². The van der Waals surface area contributed by atoms with E-state index in [0.29, 0.717) is 28.3 Å². The normalized spacial score (nSPS) is 10.7. The number of nitrogens with one attached hydrogen (secondary N) is 2. The van der Waals surface area contributed by atoms with Gasteiger partial charge in [-0.15, -0.1) is 11.8 Å². The molecule has 6 nitrogen and oxygen atoms in total. The van der Waals surface area contributed by atoms with Gasteiger partial charge in [-0.25, -0.2) is 0 Å². The molecule has 29 heavy (non-hydrogen) atoms. The van der Waals surface area contributed by atoms with Crippen molar-refractivity contribution in [1.82, 2.24) is 4.98 Å². The van der Waals surface area contributed by atoms with Gasteiger partial charge < -0.3 is 19.8 Å². The first kappa shape index (κ1) is 20.8. The Morgan fingerprint density at radius 1 is 1.10 bits per heavy atom. The molecule has 1 aromatic heterocycles. The summed E-state index contributed by atoms with van der Waals surface area (Å²) in [5, 5.41) is 3.53. The molecule has 0 unspecified atom stereocenters. The molecule has 2 N–H and O–H groups in total. The van der Waals surface area contributed by atoms with E-state index in [2.05, 4.69) is 17.2 Å². The number of hydrogen-bond acceptors (Lipinski definition) is 5. The zero-order valence-corrected chi connectivity index (χ0v) is 17.5. The lowest BCUT2D eigenvalue weighted by atomic mass is 10.1. The van der Waals surface area contributed by atoms with Crippen LogP contribution in [-0.4, -0.2) is 30.9 Å². The lowest BCUT2D eigenvalue weighted by Gasteiger charge is -2.11. The van der Waals surface area contributed by atoms with Crippen molar-refractivity contribution in [1.29, 1.82) is 0 Å². The van der Waals surface area contributed by atoms with Crippen molar-refractivity contribution in [3.8, 4) is 11.5 Å². The van der Waals surface area contributed by atoms with E-state index in [0.717, 1.165) is 23.2 Å². The van der Waals surface area contributed by atoms with Crippen molar-refractivity contribution in [2.24, 2.45) is 0 Å². The molecule has 0 aliphatic rings. The summed E-state index contributed by atoms with van der Waals surface area (Å²) in [7, 11) is 3.11. The average Bonchev–Trinajstić information content (AvgIpc) is 2.73. The lowest BCUT2D eigenvalue weighted by Crippen LogP contribution is -2.15. The molecule has 0 aliphatic carbocycles. The first-order valence-corrected chi connectivity index (χ1v) is 10.4. The molecule has 0 radical (unpaired) electrons. The Labute approximate surface area is 173 Å². The second-order valence-electron chi connectivity index (χ2n) is 6.50. The van der Waals surface area contributed by atoms with Gasteiger partial charge >= 0.3 is 0 Å². The van der Waals surface area contributed by atoms with Crippen LogP contribution in [0.2, 0.25) is 0 Å². The Bertz CT molecular complexity index is 1080. The fourth-order valence-electron chi connectivity index (χ4n) is 3.00. The monoisotopic (exact) mass is 412 g/mol. The smallest absolute Gasteiger partial charge is 0.234 e. The summed E-state index contributed by atoms with van der Waals surface area (Å²) in [6.45, 7) is 2.06. The Balaban J connectivity index is 1.63. The maximum absolute atomic E-state index is 12.4. The van der Waals surface area contributed by atoms with Gasteiger partial charge in [-0.1, -0.05) is 13.0 Å². The fraction of sp³-hybridized carbons (Fsp3) is 0.273. The van der Waals surface area contributed by atoms with E-state index in [1.807, 2.05) is 18.2 Å². The van der Waals surface area contributed by atoms with Gasteiger partial charge in [0, 0.05) is 34.5 Å². The summed E-state index contributed by atoms with van der Waals surface area (Å²) < 4.78 is 10.5. The quantitative estimate of drug-likeness (QED) is 0.585. The number of benzene rings is 2. The summed E-state index contributed by atoms with van der Waals surface area (Å²) >= 11 is 1.43. The minimum Gasteiger partial charge on any atom is -0.497 e. The molecule has 3 rings (SSSR count). The van der Waals surface area contributed by atoms with Crippen molar-refractivity contribution in [2.45, 2.75) is 19.1 Å². The Morgan fingerprint density at radius 2 is 1.93 bits per heavy atom. The average molecular weight is 413 g/mol. The summed E-state index contributed by atoms with van der Waals surface area (Å²) in [6, 6.07) is 12.7. The highest BCUT2D eigenvalue weighted by Crippen LogP contribution is 2.29. The van der Waals surface area contributed by atoms with Crippen LogP contribution in [0.5, 0.6) is 11.5 Å². The Kier molecular flexibility index (Phi) is 6.82. The predicted molar refractivity (Wildman–Crippen MR) is 118 cm³/mol. The minimum atomic E-state index is -0.155. The highest BCUT2D eigenvalue weighted by Gasteiger charge is 2.10. The van der Waals surface area contributed by atoms with Gasteiger partial charge in [0.2, 0.25) is 5.91 Å². The molecule has 0 fully saturated rings. The van der Waals surface area contributed by atoms with Crippen molar-refractivity contribution in [3.63, 3.8) is 0 Å². The number of ether oxygens (including phenoxy) is 2. The third-order valence-corrected chi connectivity index (χ3v) is 5.51. The van der Waals surface area contributed by atoms with Crippen LogP contribution in [0.15, 0.2) is 47.3 Å². The van der Waals surface area contributed by atoms with Crippen molar-refractivity contribution < 1.29 is 14.3 Å². The van der Waals surface area contributed by atoms with Crippen molar-refractivity contribution in [2.75, 3.05) is 25.3 Å². The van der Waals surface area contributed by atoms with E-state index in [4.69, 9.17) is 9.47 Å². The fourth-order valence-corrected chi connectivity index (χ4v) is 3.73. The van der Waals surface area contributed by atoms with E-state index in [1.165, 1.54) is 11.8 Å². The van der Waals surface area contributed by atoms with Crippen LogP contribution in [0.4, 0.5) is 5.69 Å². The number of aromatic nitrogens is 1. The van der Waals surface area contributed by atoms with Crippen molar-refractivity contribution >= 4 is 34.3 Å². The summed E-state index contributed by atoms with van der Waals surface area (Å²) in [5.74, 6) is 1.82. The molecule has 0 atom stereocenters. The van der Waals surface area contributed by atoms with Crippen LogP contribution in [-0.2, 0) is 17.0 Å². The molecule has 0 saturated heterocycles. The molecule has 0 aliphatic heterocycles. The summed E-state index contributed by atoms with van der Waals surface area (Å²) in [5.41, 5.74) is 3.30. The van der Waals surface area contributed by atoms with E-state index in [1.54, 1.807) is 38.5 Å². The van der Waals surface area contributed by atoms with Crippen LogP contribution in [0.25, 0.3) is 10.9 Å². The van der Waals surface area contributed by atoms with Gasteiger partial charge in [0.1, 0.15) is 11.5 Å². The number of carbonyl (C=O) groups is 1. The third kappa shape index (κ3) is 5.12. The van der Waals surface area contributed by atoms with Gasteiger partial charge in [-0.05, 0) is 36.2 Å². The van der Waals surface area contributed by atoms with E-state index < -0.39 is 0 Å². The zero-order chi connectivity index (χ0) is 20.8. The number of methoxy groups -OCH3 is 2. The topological polar surface area (TPSA) is 80.4 Å². The van der Waals surface area contributed by atoms with E-state index in [-0.39, 0.29) is 17.1 Å². The number of pyridine rings is 1. The number of H-pyrrole nitrogens is 1. The molecule has 7 heteroatoms. The standard InChI is InChI=1S/C22H24N2O4S/c1-4-14-5-7-18-17(9-14)20(25)10-15(23-18)12-29-13-22(26)24-19-11-16(27-2)6-8-21(19)28-3/h5-11H,4,12-13H2,1-3H3,(H,23,25)(H,24,26). The van der Waals surface area contributed by atoms with Gasteiger partial charge in [-0.3, -0.25) is 9.59 Å². The minimum absolute atomic E-state index is 0.00443. The molecule has 3 aromatic rings. The molecule has 1 heterocycles. The Morgan fingerprint density at radius 3 is 2.66 bits per heavy atom. The van der Waals surface area contributed by atoms with Gasteiger partial charge in [0.25, 0.3) is 0 Å². The molecule has 1 amide bonds. The number of carbonyl (C=O) groups excluding carboxylic acids is 1. The molecule has 2 aromatic carbocycles. The van der Waals surface area contributed by atoms with E-state index in [9.17, 15) is 9.59 Å². The number of thioether (sulfide) groups is 1. The number of fused-ring (bicyclic) bond motifs is 1. The van der Waals surface area contributed by atoms with Crippen LogP contribution < -0.4 is 20.2 Å². The maximum atomic E-state index is 12.4.